The average molecular weight is 291 g/mol. The van der Waals surface area contributed by atoms with Crippen LogP contribution in [0, 0.1) is 5.41 Å². The first-order valence-corrected chi connectivity index (χ1v) is 6.99. The molecule has 21 heavy (non-hydrogen) atoms. The summed E-state index contributed by atoms with van der Waals surface area (Å²) in [4.78, 5) is 34.6. The number of ketones is 1. The van der Waals surface area contributed by atoms with Crippen molar-refractivity contribution in [2.24, 2.45) is 5.41 Å². The molecule has 1 rings (SSSR count). The molecule has 0 heterocycles. The Morgan fingerprint density at radius 1 is 1.05 bits per heavy atom. The van der Waals surface area contributed by atoms with Crippen LogP contribution in [0.3, 0.4) is 0 Å². The van der Waals surface area contributed by atoms with Crippen molar-refractivity contribution in [1.82, 2.24) is 5.32 Å². The molecule has 0 fully saturated rings. The maximum atomic E-state index is 12.0. The number of benzene rings is 1. The van der Waals surface area contributed by atoms with Crippen LogP contribution in [-0.2, 0) is 4.79 Å². The Hall–Kier alpha value is -2.17. The van der Waals surface area contributed by atoms with Crippen LogP contribution in [0.5, 0.6) is 0 Å². The first-order chi connectivity index (χ1) is 9.86. The number of rotatable bonds is 7. The fourth-order valence-electron chi connectivity index (χ4n) is 2.09. The van der Waals surface area contributed by atoms with Gasteiger partial charge in [-0.3, -0.25) is 14.4 Å². The summed E-state index contributed by atoms with van der Waals surface area (Å²) < 4.78 is 0. The minimum Gasteiger partial charge on any atom is -0.481 e. The van der Waals surface area contributed by atoms with Crippen LogP contribution >= 0.6 is 0 Å². The highest BCUT2D eigenvalue weighted by atomic mass is 16.4. The molecule has 0 saturated carbocycles. The van der Waals surface area contributed by atoms with Gasteiger partial charge < -0.3 is 10.4 Å². The predicted molar refractivity (Wildman–Crippen MR) is 79.4 cm³/mol. The molecule has 1 aromatic rings. The van der Waals surface area contributed by atoms with Gasteiger partial charge in [-0.15, -0.1) is 0 Å². The summed E-state index contributed by atoms with van der Waals surface area (Å²) in [5.41, 5.74) is 0.00895. The van der Waals surface area contributed by atoms with Crippen molar-refractivity contribution in [3.63, 3.8) is 0 Å². The summed E-state index contributed by atoms with van der Waals surface area (Å²) in [7, 11) is 0. The number of carboxylic acid groups (broad SMARTS) is 1. The molecule has 0 aliphatic heterocycles. The van der Waals surface area contributed by atoms with Gasteiger partial charge in [-0.1, -0.05) is 26.0 Å². The normalized spacial score (nSPS) is 11.0. The van der Waals surface area contributed by atoms with Gasteiger partial charge in [-0.25, -0.2) is 0 Å². The summed E-state index contributed by atoms with van der Waals surface area (Å²) in [6, 6.07) is 6.29. The van der Waals surface area contributed by atoms with Crippen LogP contribution in [0.1, 0.15) is 54.3 Å². The molecule has 1 aromatic carbocycles. The molecule has 0 atom stereocenters. The molecule has 0 bridgehead atoms. The van der Waals surface area contributed by atoms with Gasteiger partial charge in [-0.2, -0.15) is 0 Å². The standard InChI is InChI=1S/C16H21NO4/c1-4-16(5-2,15(20)21)10-17-14(19)13-8-6-12(7-9-13)11(3)18/h6-9H,4-5,10H2,1-3H3,(H,17,19)(H,20,21). The van der Waals surface area contributed by atoms with E-state index in [0.29, 0.717) is 24.0 Å². The van der Waals surface area contributed by atoms with E-state index in [1.54, 1.807) is 38.1 Å². The summed E-state index contributed by atoms with van der Waals surface area (Å²) in [5.74, 6) is -1.30. The zero-order valence-electron chi connectivity index (χ0n) is 12.6. The van der Waals surface area contributed by atoms with Crippen molar-refractivity contribution in [1.29, 1.82) is 0 Å². The third-order valence-corrected chi connectivity index (χ3v) is 3.95. The van der Waals surface area contributed by atoms with E-state index >= 15 is 0 Å². The van der Waals surface area contributed by atoms with E-state index in [1.807, 2.05) is 0 Å². The number of amides is 1. The lowest BCUT2D eigenvalue weighted by Gasteiger charge is -2.26. The van der Waals surface area contributed by atoms with Gasteiger partial charge in [0.2, 0.25) is 0 Å². The molecule has 0 unspecified atom stereocenters. The van der Waals surface area contributed by atoms with Crippen molar-refractivity contribution >= 4 is 17.7 Å². The predicted octanol–water partition coefficient (Wildman–Crippen LogP) is 2.51. The Bertz CT molecular complexity index is 530. The van der Waals surface area contributed by atoms with Crippen LogP contribution in [0.4, 0.5) is 0 Å². The molecule has 0 aromatic heterocycles. The lowest BCUT2D eigenvalue weighted by Crippen LogP contribution is -2.42. The third kappa shape index (κ3) is 3.90. The zero-order chi connectivity index (χ0) is 16.0. The second kappa shape index (κ2) is 7.02. The summed E-state index contributed by atoms with van der Waals surface area (Å²) in [6.07, 6.45) is 0.894. The van der Waals surface area contributed by atoms with Gasteiger partial charge in [-0.05, 0) is 31.9 Å². The molecule has 5 nitrogen and oxygen atoms in total. The van der Waals surface area contributed by atoms with Crippen LogP contribution in [0.2, 0.25) is 0 Å². The summed E-state index contributed by atoms with van der Waals surface area (Å²) in [5, 5.41) is 12.0. The highest BCUT2D eigenvalue weighted by Crippen LogP contribution is 2.25. The minimum absolute atomic E-state index is 0.0659. The molecular weight excluding hydrogens is 270 g/mol. The fraction of sp³-hybridized carbons (Fsp3) is 0.438. The van der Waals surface area contributed by atoms with E-state index in [0.717, 1.165) is 0 Å². The number of carbonyl (C=O) groups excluding carboxylic acids is 2. The quantitative estimate of drug-likeness (QED) is 0.756. The van der Waals surface area contributed by atoms with Gasteiger partial charge in [0.25, 0.3) is 5.91 Å². The number of aliphatic carboxylic acids is 1. The van der Waals surface area contributed by atoms with Gasteiger partial charge >= 0.3 is 5.97 Å². The van der Waals surface area contributed by atoms with Crippen LogP contribution in [0.25, 0.3) is 0 Å². The molecule has 0 aliphatic carbocycles. The smallest absolute Gasteiger partial charge is 0.311 e. The first kappa shape index (κ1) is 16.9. The largest absolute Gasteiger partial charge is 0.481 e. The Balaban J connectivity index is 2.77. The number of carboxylic acids is 1. The van der Waals surface area contributed by atoms with Crippen LogP contribution in [0.15, 0.2) is 24.3 Å². The van der Waals surface area contributed by atoms with Crippen LogP contribution < -0.4 is 5.32 Å². The number of carbonyl (C=O) groups is 3. The Kier molecular flexibility index (Phi) is 5.64. The molecular formula is C16H21NO4. The minimum atomic E-state index is -0.936. The number of Topliss-reactive ketones (excluding diaryl/α,β-unsaturated/α-hetero) is 1. The second-order valence-electron chi connectivity index (χ2n) is 5.11. The number of hydrogen-bond acceptors (Lipinski definition) is 3. The monoisotopic (exact) mass is 291 g/mol. The lowest BCUT2D eigenvalue weighted by atomic mass is 9.82. The number of nitrogens with one attached hydrogen (secondary N) is 1. The van der Waals surface area contributed by atoms with Crippen molar-refractivity contribution in [3.8, 4) is 0 Å². The Morgan fingerprint density at radius 3 is 1.90 bits per heavy atom. The lowest BCUT2D eigenvalue weighted by molar-refractivity contribution is -0.149. The van der Waals surface area contributed by atoms with E-state index in [4.69, 9.17) is 0 Å². The molecule has 0 spiro atoms. The maximum absolute atomic E-state index is 12.0. The van der Waals surface area contributed by atoms with Crippen molar-refractivity contribution < 1.29 is 19.5 Å². The van der Waals surface area contributed by atoms with Crippen molar-refractivity contribution in [3.05, 3.63) is 35.4 Å². The average Bonchev–Trinajstić information content (AvgIpc) is 2.48. The molecule has 1 amide bonds. The highest BCUT2D eigenvalue weighted by molar-refractivity contribution is 5.97. The van der Waals surface area contributed by atoms with Crippen molar-refractivity contribution in [2.45, 2.75) is 33.6 Å². The van der Waals surface area contributed by atoms with E-state index in [9.17, 15) is 19.5 Å². The Morgan fingerprint density at radius 2 is 1.52 bits per heavy atom. The SMILES string of the molecule is CCC(CC)(CNC(=O)c1ccc(C(C)=O)cc1)C(=O)O. The third-order valence-electron chi connectivity index (χ3n) is 3.95. The van der Waals surface area contributed by atoms with Crippen LogP contribution in [-0.4, -0.2) is 29.3 Å². The molecule has 2 N–H and O–H groups in total. The second-order valence-corrected chi connectivity index (χ2v) is 5.11. The van der Waals surface area contributed by atoms with Gasteiger partial charge in [0.05, 0.1) is 5.41 Å². The molecule has 0 aliphatic rings. The zero-order valence-corrected chi connectivity index (χ0v) is 12.6. The Labute approximate surface area is 124 Å². The highest BCUT2D eigenvalue weighted by Gasteiger charge is 2.35. The van der Waals surface area contributed by atoms with Gasteiger partial charge in [0.15, 0.2) is 5.78 Å². The molecule has 0 radical (unpaired) electrons. The molecule has 0 saturated heterocycles. The van der Waals surface area contributed by atoms with E-state index in [1.165, 1.54) is 6.92 Å². The van der Waals surface area contributed by atoms with E-state index < -0.39 is 11.4 Å². The molecule has 5 heteroatoms. The topological polar surface area (TPSA) is 83.5 Å². The van der Waals surface area contributed by atoms with Gasteiger partial charge in [0, 0.05) is 17.7 Å². The van der Waals surface area contributed by atoms with Crippen molar-refractivity contribution in [2.75, 3.05) is 6.54 Å². The first-order valence-electron chi connectivity index (χ1n) is 6.99. The maximum Gasteiger partial charge on any atom is 0.311 e. The summed E-state index contributed by atoms with van der Waals surface area (Å²) in [6.45, 7) is 5.14. The van der Waals surface area contributed by atoms with E-state index in [-0.39, 0.29) is 18.2 Å². The van der Waals surface area contributed by atoms with E-state index in [2.05, 4.69) is 5.32 Å². The summed E-state index contributed by atoms with van der Waals surface area (Å²) >= 11 is 0. The number of hydrogen-bond donors (Lipinski definition) is 2. The molecule has 114 valence electrons. The fourth-order valence-corrected chi connectivity index (χ4v) is 2.09. The van der Waals surface area contributed by atoms with Gasteiger partial charge in [0.1, 0.15) is 0 Å².